The Labute approximate surface area is 126 Å². The van der Waals surface area contributed by atoms with Crippen molar-refractivity contribution in [3.8, 4) is 16.2 Å². The van der Waals surface area contributed by atoms with E-state index in [0.717, 1.165) is 17.0 Å². The van der Waals surface area contributed by atoms with Crippen LogP contribution in [0.25, 0.3) is 21.2 Å². The third-order valence-corrected chi connectivity index (χ3v) is 4.41. The molecule has 4 nitrogen and oxygen atoms in total. The minimum Gasteiger partial charge on any atom is -0.507 e. The van der Waals surface area contributed by atoms with E-state index in [1.165, 1.54) is 4.88 Å². The summed E-state index contributed by atoms with van der Waals surface area (Å²) < 4.78 is 0. The number of hydrogen-bond acceptors (Lipinski definition) is 4. The van der Waals surface area contributed by atoms with Gasteiger partial charge in [-0.3, -0.25) is 4.79 Å². The Hall–Kier alpha value is -2.11. The van der Waals surface area contributed by atoms with Gasteiger partial charge in [0.2, 0.25) is 0 Å². The van der Waals surface area contributed by atoms with Crippen LogP contribution in [0.3, 0.4) is 0 Å². The lowest BCUT2D eigenvalue weighted by Gasteiger charge is -2.07. The topological polar surface area (TPSA) is 56.3 Å². The number of thiophene rings is 1. The fraction of sp³-hybridized carbons (Fsp3) is 0.188. The average Bonchev–Trinajstić information content (AvgIpc) is 2.87. The molecule has 0 spiro atoms. The SMILES string of the molecule is CN(C)Cc1ccc(-c2c[nH]c(=O)c3cccc(O)c23)s1. The van der Waals surface area contributed by atoms with Crippen LogP contribution in [-0.4, -0.2) is 29.1 Å². The van der Waals surface area contributed by atoms with Crippen molar-refractivity contribution in [3.05, 3.63) is 51.8 Å². The fourth-order valence-corrected chi connectivity index (χ4v) is 3.56. The minimum absolute atomic E-state index is 0.135. The number of benzene rings is 1. The van der Waals surface area contributed by atoms with Gasteiger partial charge in [0.15, 0.2) is 0 Å². The Morgan fingerprint density at radius 1 is 1.24 bits per heavy atom. The molecule has 1 aromatic carbocycles. The van der Waals surface area contributed by atoms with Gasteiger partial charge in [-0.1, -0.05) is 6.07 Å². The van der Waals surface area contributed by atoms with Crippen LogP contribution in [-0.2, 0) is 6.54 Å². The van der Waals surface area contributed by atoms with Crippen molar-refractivity contribution in [2.24, 2.45) is 0 Å². The van der Waals surface area contributed by atoms with E-state index in [4.69, 9.17) is 0 Å². The van der Waals surface area contributed by atoms with Crippen LogP contribution < -0.4 is 5.56 Å². The van der Waals surface area contributed by atoms with Gasteiger partial charge in [-0.05, 0) is 38.4 Å². The van der Waals surface area contributed by atoms with Crippen molar-refractivity contribution in [2.75, 3.05) is 14.1 Å². The molecule has 0 atom stereocenters. The Kier molecular flexibility index (Phi) is 3.53. The molecule has 0 bridgehead atoms. The van der Waals surface area contributed by atoms with Crippen LogP contribution in [0, 0.1) is 0 Å². The number of H-pyrrole nitrogens is 1. The monoisotopic (exact) mass is 300 g/mol. The highest BCUT2D eigenvalue weighted by molar-refractivity contribution is 7.15. The van der Waals surface area contributed by atoms with E-state index in [1.807, 2.05) is 20.2 Å². The number of aromatic hydroxyl groups is 1. The fourth-order valence-electron chi connectivity index (χ4n) is 2.41. The molecule has 0 unspecified atom stereocenters. The maximum Gasteiger partial charge on any atom is 0.255 e. The lowest BCUT2D eigenvalue weighted by molar-refractivity contribution is 0.406. The Balaban J connectivity index is 2.19. The van der Waals surface area contributed by atoms with E-state index >= 15 is 0 Å². The molecule has 3 rings (SSSR count). The van der Waals surface area contributed by atoms with Gasteiger partial charge >= 0.3 is 0 Å². The molecule has 0 aliphatic heterocycles. The number of rotatable bonds is 3. The molecule has 2 N–H and O–H groups in total. The van der Waals surface area contributed by atoms with E-state index in [0.29, 0.717) is 10.8 Å². The summed E-state index contributed by atoms with van der Waals surface area (Å²) in [7, 11) is 4.06. The molecule has 21 heavy (non-hydrogen) atoms. The highest BCUT2D eigenvalue weighted by Crippen LogP contribution is 2.36. The van der Waals surface area contributed by atoms with Gasteiger partial charge in [-0.2, -0.15) is 0 Å². The first-order valence-electron chi connectivity index (χ1n) is 6.63. The molecule has 0 fully saturated rings. The van der Waals surface area contributed by atoms with E-state index < -0.39 is 0 Å². The lowest BCUT2D eigenvalue weighted by atomic mass is 10.1. The summed E-state index contributed by atoms with van der Waals surface area (Å²) in [5, 5.41) is 11.3. The van der Waals surface area contributed by atoms with Crippen molar-refractivity contribution in [1.29, 1.82) is 0 Å². The molecule has 0 aliphatic rings. The largest absolute Gasteiger partial charge is 0.507 e. The molecule has 0 saturated heterocycles. The number of hydrogen-bond donors (Lipinski definition) is 2. The first-order valence-corrected chi connectivity index (χ1v) is 7.45. The van der Waals surface area contributed by atoms with E-state index in [2.05, 4.69) is 16.0 Å². The van der Waals surface area contributed by atoms with Crippen LogP contribution in [0.4, 0.5) is 0 Å². The molecule has 0 aliphatic carbocycles. The highest BCUT2D eigenvalue weighted by atomic mass is 32.1. The highest BCUT2D eigenvalue weighted by Gasteiger charge is 2.12. The zero-order valence-corrected chi connectivity index (χ0v) is 12.7. The third kappa shape index (κ3) is 2.57. The average molecular weight is 300 g/mol. The van der Waals surface area contributed by atoms with E-state index in [9.17, 15) is 9.90 Å². The first-order chi connectivity index (χ1) is 10.1. The predicted molar refractivity (Wildman–Crippen MR) is 86.9 cm³/mol. The zero-order valence-electron chi connectivity index (χ0n) is 11.9. The van der Waals surface area contributed by atoms with Crippen LogP contribution >= 0.6 is 11.3 Å². The number of pyridine rings is 1. The Morgan fingerprint density at radius 3 is 2.81 bits per heavy atom. The Morgan fingerprint density at radius 2 is 2.05 bits per heavy atom. The number of fused-ring (bicyclic) bond motifs is 1. The van der Waals surface area contributed by atoms with E-state index in [1.54, 1.807) is 35.7 Å². The summed E-state index contributed by atoms with van der Waals surface area (Å²) >= 11 is 1.67. The van der Waals surface area contributed by atoms with Gasteiger partial charge in [0.05, 0.1) is 5.39 Å². The van der Waals surface area contributed by atoms with Crippen LogP contribution in [0.5, 0.6) is 5.75 Å². The lowest BCUT2D eigenvalue weighted by Crippen LogP contribution is -2.09. The molecule has 2 heterocycles. The van der Waals surface area contributed by atoms with Crippen LogP contribution in [0.1, 0.15) is 4.88 Å². The molecule has 2 aromatic heterocycles. The summed E-state index contributed by atoms with van der Waals surface area (Å²) in [6.07, 6.45) is 1.68. The number of phenolic OH excluding ortho intramolecular Hbond substituents is 1. The maximum absolute atomic E-state index is 11.9. The maximum atomic E-state index is 11.9. The standard InChI is InChI=1S/C16H16N2O2S/c1-18(2)9-10-6-7-14(21-10)12-8-17-16(20)11-4-3-5-13(19)15(11)12/h3-8,19H,9H2,1-2H3,(H,17,20). The number of aromatic nitrogens is 1. The molecule has 3 aromatic rings. The van der Waals surface area contributed by atoms with Crippen molar-refractivity contribution < 1.29 is 5.11 Å². The summed E-state index contributed by atoms with van der Waals surface area (Å²) in [6.45, 7) is 0.873. The normalized spacial score (nSPS) is 11.4. The van der Waals surface area contributed by atoms with Crippen molar-refractivity contribution in [2.45, 2.75) is 6.54 Å². The summed E-state index contributed by atoms with van der Waals surface area (Å²) in [6, 6.07) is 9.13. The molecule has 0 saturated carbocycles. The van der Waals surface area contributed by atoms with Gasteiger partial charge in [0.1, 0.15) is 5.75 Å². The summed E-state index contributed by atoms with van der Waals surface area (Å²) in [5.41, 5.74) is 0.674. The molecule has 0 amide bonds. The number of phenols is 1. The minimum atomic E-state index is -0.185. The second-order valence-electron chi connectivity index (χ2n) is 5.23. The van der Waals surface area contributed by atoms with Gasteiger partial charge in [-0.25, -0.2) is 0 Å². The zero-order chi connectivity index (χ0) is 15.0. The van der Waals surface area contributed by atoms with E-state index in [-0.39, 0.29) is 11.3 Å². The number of nitrogens with one attached hydrogen (secondary N) is 1. The van der Waals surface area contributed by atoms with Gasteiger partial charge in [0, 0.05) is 33.4 Å². The van der Waals surface area contributed by atoms with Gasteiger partial charge < -0.3 is 15.0 Å². The number of aromatic amines is 1. The molecule has 0 radical (unpaired) electrons. The molecule has 108 valence electrons. The van der Waals surface area contributed by atoms with Crippen LogP contribution in [0.15, 0.2) is 41.3 Å². The smallest absolute Gasteiger partial charge is 0.255 e. The predicted octanol–water partition coefficient (Wildman–Crippen LogP) is 3.02. The second kappa shape index (κ2) is 5.35. The molecular formula is C16H16N2O2S. The molecule has 5 heteroatoms. The third-order valence-electron chi connectivity index (χ3n) is 3.30. The molecular weight excluding hydrogens is 284 g/mol. The van der Waals surface area contributed by atoms with Crippen molar-refractivity contribution >= 4 is 22.1 Å². The quantitative estimate of drug-likeness (QED) is 0.781. The summed E-state index contributed by atoms with van der Waals surface area (Å²) in [5.74, 6) is 0.135. The Bertz CT molecular complexity index is 849. The summed E-state index contributed by atoms with van der Waals surface area (Å²) in [4.78, 5) is 19.0. The van der Waals surface area contributed by atoms with Crippen molar-refractivity contribution in [3.63, 3.8) is 0 Å². The second-order valence-corrected chi connectivity index (χ2v) is 6.40. The van der Waals surface area contributed by atoms with Gasteiger partial charge in [-0.15, -0.1) is 11.3 Å². The first kappa shape index (κ1) is 13.9. The van der Waals surface area contributed by atoms with Crippen molar-refractivity contribution in [1.82, 2.24) is 9.88 Å². The van der Waals surface area contributed by atoms with Gasteiger partial charge in [0.25, 0.3) is 5.56 Å². The number of nitrogens with zero attached hydrogens (tertiary/aromatic N) is 1. The van der Waals surface area contributed by atoms with Crippen LogP contribution in [0.2, 0.25) is 0 Å².